The summed E-state index contributed by atoms with van der Waals surface area (Å²) in [5.74, 6) is 0.0989. The maximum absolute atomic E-state index is 13.4. The number of benzene rings is 3. The van der Waals surface area contributed by atoms with Crippen molar-refractivity contribution in [2.24, 2.45) is 10.2 Å². The third-order valence-electron chi connectivity index (χ3n) is 5.14. The molecule has 0 bridgehead atoms. The first-order chi connectivity index (χ1) is 15.9. The monoisotopic (exact) mass is 458 g/mol. The smallest absolute Gasteiger partial charge is 0.290 e. The number of ether oxygens (including phenoxy) is 1. The number of hydrogen-bond acceptors (Lipinski definition) is 6. The largest absolute Gasteiger partial charge is 0.494 e. The van der Waals surface area contributed by atoms with Gasteiger partial charge >= 0.3 is 0 Å². The summed E-state index contributed by atoms with van der Waals surface area (Å²) in [6.07, 6.45) is 0. The van der Waals surface area contributed by atoms with Crippen LogP contribution in [0.2, 0.25) is 0 Å². The van der Waals surface area contributed by atoms with Crippen LogP contribution in [0.4, 0.5) is 11.4 Å². The fraction of sp³-hybridized carbons (Fsp3) is 0.120. The molecule has 0 aliphatic heterocycles. The Balaban J connectivity index is 2.00. The molecule has 0 unspecified atom stereocenters. The molecule has 0 radical (unpaired) electrons. The molecule has 1 N–H and O–H groups in total. The van der Waals surface area contributed by atoms with E-state index in [0.29, 0.717) is 22.8 Å². The first-order valence-corrected chi connectivity index (χ1v) is 10.6. The predicted octanol–water partition coefficient (Wildman–Crippen LogP) is 6.10. The Labute approximate surface area is 195 Å². The minimum absolute atomic E-state index is 0.112. The zero-order valence-corrected chi connectivity index (χ0v) is 19.2. The number of hydrogen-bond donors (Lipinski definition) is 1. The molecule has 1 heterocycles. The number of rotatable bonds is 5. The average Bonchev–Trinajstić information content (AvgIpc) is 2.81. The summed E-state index contributed by atoms with van der Waals surface area (Å²) in [6, 6.07) is 21.8. The maximum atomic E-state index is 13.4. The first-order valence-electron chi connectivity index (χ1n) is 10.2. The van der Waals surface area contributed by atoms with Gasteiger partial charge in [-0.05, 0) is 62.5 Å². The predicted molar refractivity (Wildman–Crippen MR) is 131 cm³/mol. The topological polar surface area (TPSA) is 81.1 Å². The lowest BCUT2D eigenvalue weighted by molar-refractivity contribution is 0.415. The van der Waals surface area contributed by atoms with Gasteiger partial charge in [-0.25, -0.2) is 0 Å². The van der Waals surface area contributed by atoms with E-state index in [2.05, 4.69) is 10.2 Å². The highest BCUT2D eigenvalue weighted by Crippen LogP contribution is 2.32. The molecule has 0 saturated heterocycles. The molecule has 0 saturated carbocycles. The third-order valence-corrected chi connectivity index (χ3v) is 5.50. The summed E-state index contributed by atoms with van der Waals surface area (Å²) in [5.41, 5.74) is 2.85. The summed E-state index contributed by atoms with van der Waals surface area (Å²) in [6.45, 7) is 3.92. The van der Waals surface area contributed by atoms with Crippen molar-refractivity contribution < 1.29 is 9.84 Å². The molecule has 8 heteroatoms. The molecule has 0 atom stereocenters. The lowest BCUT2D eigenvalue weighted by Crippen LogP contribution is -2.23. The first kappa shape index (κ1) is 22.2. The molecular formula is C25H22N4O3S. The van der Waals surface area contributed by atoms with Crippen LogP contribution >= 0.6 is 12.2 Å². The van der Waals surface area contributed by atoms with Crippen LogP contribution < -0.4 is 10.3 Å². The van der Waals surface area contributed by atoms with Gasteiger partial charge in [-0.2, -0.15) is 0 Å². The van der Waals surface area contributed by atoms with Crippen LogP contribution in [-0.2, 0) is 0 Å². The summed E-state index contributed by atoms with van der Waals surface area (Å²) in [7, 11) is 1.52. The van der Waals surface area contributed by atoms with Crippen molar-refractivity contribution in [1.29, 1.82) is 0 Å². The number of nitrogens with zero attached hydrogens (tertiary/aromatic N) is 4. The zero-order valence-electron chi connectivity index (χ0n) is 18.4. The molecule has 4 aromatic rings. The van der Waals surface area contributed by atoms with Gasteiger partial charge in [0.25, 0.3) is 5.56 Å². The third kappa shape index (κ3) is 4.33. The van der Waals surface area contributed by atoms with Crippen molar-refractivity contribution >= 4 is 23.6 Å². The molecule has 0 fully saturated rings. The van der Waals surface area contributed by atoms with Crippen molar-refractivity contribution in [2.45, 2.75) is 13.8 Å². The number of methoxy groups -OCH3 is 1. The Kier molecular flexibility index (Phi) is 6.19. The molecule has 0 amide bonds. The van der Waals surface area contributed by atoms with Gasteiger partial charge < -0.3 is 9.84 Å². The minimum Gasteiger partial charge on any atom is -0.494 e. The van der Waals surface area contributed by atoms with Crippen LogP contribution in [0.1, 0.15) is 11.1 Å². The van der Waals surface area contributed by atoms with E-state index in [4.69, 9.17) is 17.0 Å². The number of aromatic hydroxyl groups is 1. The fourth-order valence-electron chi connectivity index (χ4n) is 3.34. The molecule has 33 heavy (non-hydrogen) atoms. The van der Waals surface area contributed by atoms with Crippen molar-refractivity contribution in [2.75, 3.05) is 7.11 Å². The van der Waals surface area contributed by atoms with Crippen molar-refractivity contribution in [3.05, 3.63) is 99.0 Å². The second-order valence-electron chi connectivity index (χ2n) is 7.47. The Morgan fingerprint density at radius 1 is 0.818 bits per heavy atom. The second kappa shape index (κ2) is 9.22. The minimum atomic E-state index is -0.580. The molecular weight excluding hydrogens is 436 g/mol. The fourth-order valence-corrected chi connectivity index (χ4v) is 3.72. The molecule has 4 rings (SSSR count). The quantitative estimate of drug-likeness (QED) is 0.289. The van der Waals surface area contributed by atoms with Gasteiger partial charge in [0.2, 0.25) is 11.6 Å². The van der Waals surface area contributed by atoms with Crippen molar-refractivity contribution in [1.82, 2.24) is 9.13 Å². The van der Waals surface area contributed by atoms with Gasteiger partial charge in [-0.1, -0.05) is 47.5 Å². The second-order valence-corrected chi connectivity index (χ2v) is 7.84. The molecule has 0 spiro atoms. The highest BCUT2D eigenvalue weighted by atomic mass is 32.1. The van der Waals surface area contributed by atoms with Crippen LogP contribution in [-0.4, -0.2) is 21.4 Å². The zero-order chi connectivity index (χ0) is 23.5. The van der Waals surface area contributed by atoms with E-state index in [1.54, 1.807) is 36.4 Å². The number of azo groups is 1. The van der Waals surface area contributed by atoms with Gasteiger partial charge in [0, 0.05) is 0 Å². The van der Waals surface area contributed by atoms with Gasteiger partial charge in [-0.15, -0.1) is 10.2 Å². The summed E-state index contributed by atoms with van der Waals surface area (Å²) in [5, 5.41) is 19.4. The van der Waals surface area contributed by atoms with Crippen LogP contribution in [0.15, 0.2) is 87.8 Å². The average molecular weight is 459 g/mol. The van der Waals surface area contributed by atoms with E-state index in [1.807, 2.05) is 50.2 Å². The van der Waals surface area contributed by atoms with E-state index in [-0.39, 0.29) is 10.5 Å². The van der Waals surface area contributed by atoms with Crippen LogP contribution in [0, 0.1) is 18.6 Å². The van der Waals surface area contributed by atoms with Crippen molar-refractivity contribution in [3.8, 4) is 23.0 Å². The lowest BCUT2D eigenvalue weighted by atomic mass is 10.2. The normalized spacial score (nSPS) is 11.1. The van der Waals surface area contributed by atoms with E-state index in [1.165, 1.54) is 16.2 Å². The highest BCUT2D eigenvalue weighted by Gasteiger charge is 2.19. The number of para-hydroxylation sites is 1. The Hall–Kier alpha value is -4.04. The Morgan fingerprint density at radius 2 is 1.36 bits per heavy atom. The van der Waals surface area contributed by atoms with Crippen LogP contribution in [0.25, 0.3) is 11.4 Å². The summed E-state index contributed by atoms with van der Waals surface area (Å²) < 4.78 is 8.16. The van der Waals surface area contributed by atoms with E-state index in [9.17, 15) is 9.90 Å². The maximum Gasteiger partial charge on any atom is 0.290 e. The molecule has 166 valence electrons. The SMILES string of the molecule is COc1ccccc1N=Nc1c(O)n(-c2ccc(C)cc2)c(=S)n(-c2ccc(C)cc2)c1=O. The lowest BCUT2D eigenvalue weighted by Gasteiger charge is -2.16. The van der Waals surface area contributed by atoms with Gasteiger partial charge in [0.05, 0.1) is 18.5 Å². The molecule has 1 aromatic heterocycles. The van der Waals surface area contributed by atoms with Crippen LogP contribution in [0.5, 0.6) is 11.6 Å². The summed E-state index contributed by atoms with van der Waals surface area (Å²) in [4.78, 5) is 13.4. The molecule has 0 aliphatic carbocycles. The van der Waals surface area contributed by atoms with E-state index < -0.39 is 11.4 Å². The standard InChI is InChI=1S/C25H22N4O3S/c1-16-8-12-18(13-9-16)28-23(30)22(27-26-20-6-4-5-7-21(20)32-3)24(31)29(25(28)33)19-14-10-17(2)11-15-19/h4-15,30H,1-3H3. The Bertz CT molecular complexity index is 1450. The summed E-state index contributed by atoms with van der Waals surface area (Å²) >= 11 is 5.65. The molecule has 0 aliphatic rings. The number of aromatic nitrogens is 2. The van der Waals surface area contributed by atoms with Crippen molar-refractivity contribution in [3.63, 3.8) is 0 Å². The Morgan fingerprint density at radius 3 is 1.94 bits per heavy atom. The molecule has 7 nitrogen and oxygen atoms in total. The van der Waals surface area contributed by atoms with Crippen LogP contribution in [0.3, 0.4) is 0 Å². The van der Waals surface area contributed by atoms with E-state index in [0.717, 1.165) is 11.1 Å². The molecule has 3 aromatic carbocycles. The van der Waals surface area contributed by atoms with Gasteiger partial charge in [0.15, 0.2) is 4.77 Å². The van der Waals surface area contributed by atoms with Gasteiger partial charge in [0.1, 0.15) is 11.4 Å². The van der Waals surface area contributed by atoms with E-state index >= 15 is 0 Å². The number of aryl methyl sites for hydroxylation is 2. The highest BCUT2D eigenvalue weighted by molar-refractivity contribution is 7.71. The van der Waals surface area contributed by atoms with Gasteiger partial charge in [-0.3, -0.25) is 13.9 Å².